The van der Waals surface area contributed by atoms with Crippen LogP contribution in [-0.4, -0.2) is 41.3 Å². The number of ether oxygens (including phenoxy) is 1. The molecule has 0 spiro atoms. The summed E-state index contributed by atoms with van der Waals surface area (Å²) in [5, 5.41) is 0. The molecule has 1 fully saturated rings. The lowest BCUT2D eigenvalue weighted by Crippen LogP contribution is -2.51. The Labute approximate surface area is 94.7 Å². The van der Waals surface area contributed by atoms with Crippen LogP contribution in [-0.2, 0) is 14.3 Å². The van der Waals surface area contributed by atoms with Gasteiger partial charge in [-0.15, -0.1) is 0 Å². The molecular weight excluding hydrogens is 210 g/mol. The van der Waals surface area contributed by atoms with Gasteiger partial charge < -0.3 is 14.3 Å². The van der Waals surface area contributed by atoms with E-state index in [1.165, 1.54) is 4.90 Å². The molecule has 0 aromatic carbocycles. The highest BCUT2D eigenvalue weighted by atomic mass is 16.6. The molecule has 0 radical (unpaired) electrons. The molecule has 1 heterocycles. The molecule has 0 N–H and O–H groups in total. The Morgan fingerprint density at radius 1 is 1.31 bits per heavy atom. The van der Waals surface area contributed by atoms with Crippen LogP contribution in [0.3, 0.4) is 0 Å². The predicted molar refractivity (Wildman–Crippen MR) is 57.0 cm³/mol. The van der Waals surface area contributed by atoms with Gasteiger partial charge in [0.2, 0.25) is 0 Å². The Morgan fingerprint density at radius 2 is 1.88 bits per heavy atom. The summed E-state index contributed by atoms with van der Waals surface area (Å²) >= 11 is 0. The molecule has 16 heavy (non-hydrogen) atoms. The van der Waals surface area contributed by atoms with Crippen molar-refractivity contribution < 1.29 is 19.1 Å². The van der Waals surface area contributed by atoms with Gasteiger partial charge in [0.15, 0.2) is 18.1 Å². The third-order valence-corrected chi connectivity index (χ3v) is 2.48. The van der Waals surface area contributed by atoms with Crippen molar-refractivity contribution in [1.82, 2.24) is 4.90 Å². The fourth-order valence-corrected chi connectivity index (χ4v) is 1.71. The van der Waals surface area contributed by atoms with Crippen LogP contribution in [0, 0.1) is 0 Å². The van der Waals surface area contributed by atoms with Crippen molar-refractivity contribution in [2.24, 2.45) is 0 Å². The van der Waals surface area contributed by atoms with Crippen molar-refractivity contribution in [3.05, 3.63) is 0 Å². The highest BCUT2D eigenvalue weighted by Crippen LogP contribution is 2.27. The van der Waals surface area contributed by atoms with Gasteiger partial charge in [-0.05, 0) is 33.6 Å². The second-order valence-electron chi connectivity index (χ2n) is 4.96. The smallest absolute Gasteiger partial charge is 0.411 e. The Kier molecular flexibility index (Phi) is 3.35. The lowest BCUT2D eigenvalue weighted by molar-refractivity contribution is -0.127. The van der Waals surface area contributed by atoms with Crippen LogP contribution in [0.1, 0.15) is 33.6 Å². The van der Waals surface area contributed by atoms with E-state index in [1.54, 1.807) is 20.8 Å². The van der Waals surface area contributed by atoms with E-state index in [-0.39, 0.29) is 0 Å². The Bertz CT molecular complexity index is 298. The number of carbonyl (C=O) groups is 3. The SMILES string of the molecule is CC(C)(C)OC(=O)N1CCCC1(C=O)C=O. The number of amides is 1. The first-order valence-electron chi connectivity index (χ1n) is 5.28. The molecule has 0 aromatic rings. The molecule has 1 amide bonds. The van der Waals surface area contributed by atoms with Crippen LogP contribution in [0.2, 0.25) is 0 Å². The van der Waals surface area contributed by atoms with Crippen molar-refractivity contribution >= 4 is 18.7 Å². The number of nitrogens with zero attached hydrogens (tertiary/aromatic N) is 1. The van der Waals surface area contributed by atoms with Crippen LogP contribution in [0.25, 0.3) is 0 Å². The third-order valence-electron chi connectivity index (χ3n) is 2.48. The predicted octanol–water partition coefficient (Wildman–Crippen LogP) is 1.15. The molecule has 1 rings (SSSR count). The maximum atomic E-state index is 11.8. The van der Waals surface area contributed by atoms with Gasteiger partial charge in [-0.3, -0.25) is 4.90 Å². The first kappa shape index (κ1) is 12.7. The average Bonchev–Trinajstić information content (AvgIpc) is 2.59. The zero-order valence-electron chi connectivity index (χ0n) is 9.86. The van der Waals surface area contributed by atoms with Gasteiger partial charge in [0.1, 0.15) is 5.60 Å². The minimum absolute atomic E-state index is 0.374. The maximum Gasteiger partial charge on any atom is 0.411 e. The molecule has 1 aliphatic rings. The number of likely N-dealkylation sites (tertiary alicyclic amines) is 1. The van der Waals surface area contributed by atoms with Crippen molar-refractivity contribution in [2.75, 3.05) is 6.54 Å². The van der Waals surface area contributed by atoms with Crippen molar-refractivity contribution in [3.8, 4) is 0 Å². The van der Waals surface area contributed by atoms with Crippen LogP contribution >= 0.6 is 0 Å². The van der Waals surface area contributed by atoms with E-state index in [2.05, 4.69) is 0 Å². The Hall–Kier alpha value is -1.39. The van der Waals surface area contributed by atoms with Crippen LogP contribution in [0.4, 0.5) is 4.79 Å². The van der Waals surface area contributed by atoms with E-state index < -0.39 is 17.2 Å². The van der Waals surface area contributed by atoms with Crippen molar-refractivity contribution in [3.63, 3.8) is 0 Å². The normalized spacial score (nSPS) is 19.3. The molecule has 1 aliphatic heterocycles. The number of rotatable bonds is 2. The minimum atomic E-state index is -1.32. The summed E-state index contributed by atoms with van der Waals surface area (Å²) in [5.74, 6) is 0. The summed E-state index contributed by atoms with van der Waals surface area (Å²) in [6.45, 7) is 5.60. The third kappa shape index (κ3) is 2.40. The van der Waals surface area contributed by atoms with E-state index >= 15 is 0 Å². The lowest BCUT2D eigenvalue weighted by atomic mass is 10.0. The van der Waals surface area contributed by atoms with E-state index in [0.717, 1.165) is 0 Å². The number of aldehydes is 2. The number of hydrogen-bond donors (Lipinski definition) is 0. The number of carbonyl (C=O) groups excluding carboxylic acids is 3. The summed E-state index contributed by atoms with van der Waals surface area (Å²) in [5.41, 5.74) is -1.94. The van der Waals surface area contributed by atoms with Gasteiger partial charge in [0, 0.05) is 6.54 Å². The maximum absolute atomic E-state index is 11.8. The monoisotopic (exact) mass is 227 g/mol. The zero-order valence-corrected chi connectivity index (χ0v) is 9.86. The van der Waals surface area contributed by atoms with Gasteiger partial charge in [-0.25, -0.2) is 4.79 Å². The quantitative estimate of drug-likeness (QED) is 0.524. The molecule has 0 unspecified atom stereocenters. The number of hydrogen-bond acceptors (Lipinski definition) is 4. The van der Waals surface area contributed by atoms with E-state index in [9.17, 15) is 14.4 Å². The first-order chi connectivity index (χ1) is 7.34. The van der Waals surface area contributed by atoms with Crippen LogP contribution in [0.15, 0.2) is 0 Å². The van der Waals surface area contributed by atoms with Gasteiger partial charge in [0.25, 0.3) is 0 Å². The highest BCUT2D eigenvalue weighted by molar-refractivity contribution is 5.94. The fourth-order valence-electron chi connectivity index (χ4n) is 1.71. The van der Waals surface area contributed by atoms with Crippen LogP contribution < -0.4 is 0 Å². The van der Waals surface area contributed by atoms with Gasteiger partial charge in [-0.2, -0.15) is 0 Å². The van der Waals surface area contributed by atoms with Gasteiger partial charge in [0.05, 0.1) is 0 Å². The molecular formula is C11H17NO4. The van der Waals surface area contributed by atoms with E-state index in [0.29, 0.717) is 32.0 Å². The summed E-state index contributed by atoms with van der Waals surface area (Å²) in [4.78, 5) is 34.9. The zero-order chi connectivity index (χ0) is 12.4. The summed E-state index contributed by atoms with van der Waals surface area (Å²) in [6.07, 6.45) is 1.45. The van der Waals surface area contributed by atoms with Crippen LogP contribution in [0.5, 0.6) is 0 Å². The summed E-state index contributed by atoms with van der Waals surface area (Å²) < 4.78 is 5.15. The van der Waals surface area contributed by atoms with E-state index in [1.807, 2.05) is 0 Å². The molecule has 0 atom stereocenters. The van der Waals surface area contributed by atoms with E-state index in [4.69, 9.17) is 4.74 Å². The molecule has 5 heteroatoms. The molecule has 0 aliphatic carbocycles. The average molecular weight is 227 g/mol. The fraction of sp³-hybridized carbons (Fsp3) is 0.727. The van der Waals surface area contributed by atoms with Crippen molar-refractivity contribution in [1.29, 1.82) is 0 Å². The molecule has 5 nitrogen and oxygen atoms in total. The molecule has 0 saturated carbocycles. The molecule has 0 bridgehead atoms. The second kappa shape index (κ2) is 4.23. The Balaban J connectivity index is 2.83. The molecule has 90 valence electrons. The summed E-state index contributed by atoms with van der Waals surface area (Å²) in [6, 6.07) is 0. The standard InChI is InChI=1S/C11H17NO4/c1-10(2,3)16-9(15)12-6-4-5-11(12,7-13)8-14/h7-8H,4-6H2,1-3H3. The summed E-state index contributed by atoms with van der Waals surface area (Å²) in [7, 11) is 0. The molecule has 1 saturated heterocycles. The Morgan fingerprint density at radius 3 is 2.31 bits per heavy atom. The highest BCUT2D eigenvalue weighted by Gasteiger charge is 2.45. The first-order valence-corrected chi connectivity index (χ1v) is 5.28. The minimum Gasteiger partial charge on any atom is -0.444 e. The van der Waals surface area contributed by atoms with Crippen molar-refractivity contribution in [2.45, 2.75) is 44.8 Å². The molecule has 0 aromatic heterocycles. The topological polar surface area (TPSA) is 63.7 Å². The lowest BCUT2D eigenvalue weighted by Gasteiger charge is -2.31. The second-order valence-corrected chi connectivity index (χ2v) is 4.96. The van der Waals surface area contributed by atoms with Gasteiger partial charge >= 0.3 is 6.09 Å². The van der Waals surface area contributed by atoms with Gasteiger partial charge in [-0.1, -0.05) is 0 Å². The largest absolute Gasteiger partial charge is 0.444 e.